The van der Waals surface area contributed by atoms with Gasteiger partial charge in [0, 0.05) is 23.7 Å². The number of H-pyrrole nitrogens is 1. The molecular weight excluding hydrogens is 351 g/mol. The van der Waals surface area contributed by atoms with Gasteiger partial charge in [-0.25, -0.2) is 9.37 Å². The summed E-state index contributed by atoms with van der Waals surface area (Å²) in [5.41, 5.74) is 0.678. The molecule has 2 aromatic rings. The molecule has 0 saturated carbocycles. The fourth-order valence-corrected chi connectivity index (χ4v) is 3.67. The molecule has 26 heavy (non-hydrogen) atoms. The second-order valence-corrected chi connectivity index (χ2v) is 7.33. The van der Waals surface area contributed by atoms with E-state index < -0.39 is 5.56 Å². The molecule has 1 atom stereocenters. The quantitative estimate of drug-likeness (QED) is 0.656. The van der Waals surface area contributed by atoms with Crippen molar-refractivity contribution >= 4 is 11.8 Å². The van der Waals surface area contributed by atoms with E-state index in [4.69, 9.17) is 0 Å². The number of aromatic amines is 1. The lowest BCUT2D eigenvalue weighted by molar-refractivity contribution is 0.151. The lowest BCUT2D eigenvalue weighted by Crippen LogP contribution is -2.36. The number of likely N-dealkylation sites (tertiary alicyclic amines) is 1. The standard InChI is InChI=1S/C19H21FN4OS/c1-12-5-3-4-8-24(12)11-14-7-6-13(9-16(14)20)17-15(10-21)18(25)23-19(22-17)26-2/h6-7,9,12H,3-5,8,11H2,1-2H3,(H,22,23,25). The molecule has 1 aliphatic heterocycles. The van der Waals surface area contributed by atoms with E-state index in [1.54, 1.807) is 18.4 Å². The summed E-state index contributed by atoms with van der Waals surface area (Å²) in [6, 6.07) is 7.16. The van der Waals surface area contributed by atoms with Gasteiger partial charge in [0.1, 0.15) is 17.4 Å². The first-order valence-electron chi connectivity index (χ1n) is 8.64. The van der Waals surface area contributed by atoms with Crippen LogP contribution in [0.15, 0.2) is 28.2 Å². The zero-order chi connectivity index (χ0) is 18.7. The lowest BCUT2D eigenvalue weighted by Gasteiger charge is -2.33. The van der Waals surface area contributed by atoms with Crippen molar-refractivity contribution in [3.8, 4) is 17.3 Å². The predicted molar refractivity (Wildman–Crippen MR) is 100 cm³/mol. The van der Waals surface area contributed by atoms with E-state index in [0.717, 1.165) is 19.4 Å². The van der Waals surface area contributed by atoms with Crippen LogP contribution >= 0.6 is 11.8 Å². The molecule has 5 nitrogen and oxygen atoms in total. The molecule has 1 N–H and O–H groups in total. The van der Waals surface area contributed by atoms with Crippen LogP contribution in [0.1, 0.15) is 37.3 Å². The number of halogens is 1. The Balaban J connectivity index is 1.94. The highest BCUT2D eigenvalue weighted by atomic mass is 32.2. The van der Waals surface area contributed by atoms with Crippen LogP contribution in [0, 0.1) is 17.1 Å². The van der Waals surface area contributed by atoms with Gasteiger partial charge in [-0.2, -0.15) is 5.26 Å². The third-order valence-electron chi connectivity index (χ3n) is 4.84. The van der Waals surface area contributed by atoms with Crippen LogP contribution < -0.4 is 5.56 Å². The number of nitriles is 1. The molecule has 1 aliphatic rings. The molecule has 0 bridgehead atoms. The average Bonchev–Trinajstić information content (AvgIpc) is 2.64. The van der Waals surface area contributed by atoms with Crippen molar-refractivity contribution in [3.05, 3.63) is 45.5 Å². The van der Waals surface area contributed by atoms with Crippen molar-refractivity contribution in [2.24, 2.45) is 0 Å². The van der Waals surface area contributed by atoms with Gasteiger partial charge in [-0.15, -0.1) is 0 Å². The van der Waals surface area contributed by atoms with Crippen LogP contribution in [0.25, 0.3) is 11.3 Å². The monoisotopic (exact) mass is 372 g/mol. The minimum absolute atomic E-state index is 0.0976. The highest BCUT2D eigenvalue weighted by Crippen LogP contribution is 2.25. The molecule has 0 spiro atoms. The van der Waals surface area contributed by atoms with Crippen LogP contribution in [0.5, 0.6) is 0 Å². The first kappa shape index (κ1) is 18.6. The Morgan fingerprint density at radius 2 is 2.27 bits per heavy atom. The van der Waals surface area contributed by atoms with Gasteiger partial charge < -0.3 is 4.98 Å². The number of benzene rings is 1. The summed E-state index contributed by atoms with van der Waals surface area (Å²) in [6.45, 7) is 3.72. The summed E-state index contributed by atoms with van der Waals surface area (Å²) in [5.74, 6) is -0.336. The van der Waals surface area contributed by atoms with E-state index in [-0.39, 0.29) is 17.1 Å². The summed E-state index contributed by atoms with van der Waals surface area (Å²) in [5, 5.41) is 9.68. The summed E-state index contributed by atoms with van der Waals surface area (Å²) in [4.78, 5) is 21.2. The Hall–Kier alpha value is -2.17. The fraction of sp³-hybridized carbons (Fsp3) is 0.421. The third kappa shape index (κ3) is 3.81. The Morgan fingerprint density at radius 1 is 1.46 bits per heavy atom. The van der Waals surface area contributed by atoms with Gasteiger partial charge in [-0.3, -0.25) is 9.69 Å². The van der Waals surface area contributed by atoms with E-state index in [0.29, 0.717) is 28.9 Å². The molecule has 3 rings (SSSR count). The first-order valence-corrected chi connectivity index (χ1v) is 9.87. The van der Waals surface area contributed by atoms with Crippen molar-refractivity contribution in [2.75, 3.05) is 12.8 Å². The topological polar surface area (TPSA) is 72.8 Å². The second kappa shape index (κ2) is 8.02. The normalized spacial score (nSPS) is 17.8. The maximum atomic E-state index is 14.7. The average molecular weight is 372 g/mol. The van der Waals surface area contributed by atoms with Crippen LogP contribution in [-0.4, -0.2) is 33.7 Å². The number of nitrogens with zero attached hydrogens (tertiary/aromatic N) is 3. The van der Waals surface area contributed by atoms with E-state index >= 15 is 0 Å². The number of thioether (sulfide) groups is 1. The molecule has 1 fully saturated rings. The largest absolute Gasteiger partial charge is 0.300 e. The summed E-state index contributed by atoms with van der Waals surface area (Å²) >= 11 is 1.27. The molecule has 1 aromatic carbocycles. The highest BCUT2D eigenvalue weighted by Gasteiger charge is 2.20. The maximum Gasteiger partial charge on any atom is 0.270 e. The smallest absolute Gasteiger partial charge is 0.270 e. The number of hydrogen-bond donors (Lipinski definition) is 1. The molecule has 0 radical (unpaired) electrons. The van der Waals surface area contributed by atoms with E-state index in [9.17, 15) is 14.4 Å². The molecule has 1 saturated heterocycles. The molecule has 7 heteroatoms. The summed E-state index contributed by atoms with van der Waals surface area (Å²) in [6.07, 6.45) is 5.28. The van der Waals surface area contributed by atoms with Gasteiger partial charge in [0.15, 0.2) is 5.16 Å². The Kier molecular flexibility index (Phi) is 5.74. The SMILES string of the molecule is CSc1nc(-c2ccc(CN3CCCCC3C)c(F)c2)c(C#N)c(=O)[nH]1. The molecular formula is C19H21FN4OS. The van der Waals surface area contributed by atoms with Gasteiger partial charge in [0.2, 0.25) is 0 Å². The number of aromatic nitrogens is 2. The van der Waals surface area contributed by atoms with Gasteiger partial charge in [-0.05, 0) is 38.6 Å². The van der Waals surface area contributed by atoms with Gasteiger partial charge >= 0.3 is 0 Å². The fourth-order valence-electron chi connectivity index (χ4n) is 3.30. The Morgan fingerprint density at radius 3 is 2.92 bits per heavy atom. The van der Waals surface area contributed by atoms with E-state index in [1.807, 2.05) is 6.07 Å². The van der Waals surface area contributed by atoms with E-state index in [1.165, 1.54) is 24.2 Å². The van der Waals surface area contributed by atoms with Crippen molar-refractivity contribution in [2.45, 2.75) is 43.9 Å². The minimum Gasteiger partial charge on any atom is -0.300 e. The van der Waals surface area contributed by atoms with Crippen molar-refractivity contribution in [1.82, 2.24) is 14.9 Å². The Bertz CT molecular complexity index is 905. The summed E-state index contributed by atoms with van der Waals surface area (Å²) in [7, 11) is 0. The van der Waals surface area contributed by atoms with E-state index in [2.05, 4.69) is 21.8 Å². The first-order chi connectivity index (χ1) is 12.5. The maximum absolute atomic E-state index is 14.7. The van der Waals surface area contributed by atoms with Crippen LogP contribution in [0.3, 0.4) is 0 Å². The number of rotatable bonds is 4. The lowest BCUT2D eigenvalue weighted by atomic mass is 10.0. The molecule has 1 aromatic heterocycles. The van der Waals surface area contributed by atoms with Crippen molar-refractivity contribution in [1.29, 1.82) is 5.26 Å². The predicted octanol–water partition coefficient (Wildman–Crippen LogP) is 3.54. The highest BCUT2D eigenvalue weighted by molar-refractivity contribution is 7.98. The molecule has 136 valence electrons. The molecule has 0 aliphatic carbocycles. The van der Waals surface area contributed by atoms with Crippen LogP contribution in [-0.2, 0) is 6.54 Å². The number of piperidine rings is 1. The Labute approximate surface area is 156 Å². The molecule has 0 amide bonds. The van der Waals surface area contributed by atoms with Crippen molar-refractivity contribution < 1.29 is 4.39 Å². The molecule has 2 heterocycles. The van der Waals surface area contributed by atoms with Crippen LogP contribution in [0.4, 0.5) is 4.39 Å². The summed E-state index contributed by atoms with van der Waals surface area (Å²) < 4.78 is 14.7. The third-order valence-corrected chi connectivity index (χ3v) is 5.42. The zero-order valence-electron chi connectivity index (χ0n) is 14.9. The molecule has 1 unspecified atom stereocenters. The van der Waals surface area contributed by atoms with Crippen molar-refractivity contribution in [3.63, 3.8) is 0 Å². The second-order valence-electron chi connectivity index (χ2n) is 6.53. The van der Waals surface area contributed by atoms with Gasteiger partial charge in [-0.1, -0.05) is 30.3 Å². The minimum atomic E-state index is -0.506. The van der Waals surface area contributed by atoms with Gasteiger partial charge in [0.05, 0.1) is 5.69 Å². The van der Waals surface area contributed by atoms with Crippen LogP contribution in [0.2, 0.25) is 0 Å². The number of nitrogens with one attached hydrogen (secondary N) is 1. The van der Waals surface area contributed by atoms with Gasteiger partial charge in [0.25, 0.3) is 5.56 Å². The number of hydrogen-bond acceptors (Lipinski definition) is 5. The zero-order valence-corrected chi connectivity index (χ0v) is 15.7.